The first-order valence-corrected chi connectivity index (χ1v) is 12.0. The monoisotopic (exact) mass is 416 g/mol. The fourth-order valence-corrected chi connectivity index (χ4v) is 4.71. The second-order valence-corrected chi connectivity index (χ2v) is 10.4. The number of aryl methyl sites for hydroxylation is 1. The predicted octanol–water partition coefficient (Wildman–Crippen LogP) is 6.65. The van der Waals surface area contributed by atoms with Gasteiger partial charge >= 0.3 is 5.97 Å². The summed E-state index contributed by atoms with van der Waals surface area (Å²) in [6.07, 6.45) is 10.9. The molecule has 0 bridgehead atoms. The van der Waals surface area contributed by atoms with Crippen LogP contribution in [0.3, 0.4) is 0 Å². The Morgan fingerprint density at radius 2 is 1.93 bits per heavy atom. The van der Waals surface area contributed by atoms with Gasteiger partial charge in [-0.05, 0) is 81.0 Å². The minimum Gasteiger partial charge on any atom is -0.490 e. The minimum atomic E-state index is -0.710. The first-order chi connectivity index (χ1) is 14.2. The quantitative estimate of drug-likeness (QED) is 0.439. The fourth-order valence-electron chi connectivity index (χ4n) is 4.71. The molecule has 1 heterocycles. The van der Waals surface area contributed by atoms with Gasteiger partial charge < -0.3 is 14.6 Å². The van der Waals surface area contributed by atoms with Crippen molar-refractivity contribution in [3.63, 3.8) is 0 Å². The van der Waals surface area contributed by atoms with E-state index in [1.165, 1.54) is 37.7 Å². The summed E-state index contributed by atoms with van der Waals surface area (Å²) in [7, 11) is 0. The average molecular weight is 417 g/mol. The summed E-state index contributed by atoms with van der Waals surface area (Å²) in [5, 5.41) is 9.00. The zero-order valence-corrected chi connectivity index (χ0v) is 19.3. The summed E-state index contributed by atoms with van der Waals surface area (Å²) in [5.74, 6) is 2.49. The SMILES string of the molecule is CC(C)CCCC(C)CCCC1(C)CCc2cc(OC3CC(C(=O)O)C3)ccc2O1. The number of carboxylic acid groups (broad SMARTS) is 1. The van der Waals surface area contributed by atoms with Crippen LogP contribution in [0.1, 0.15) is 91.0 Å². The van der Waals surface area contributed by atoms with E-state index in [9.17, 15) is 4.79 Å². The Balaban J connectivity index is 1.43. The van der Waals surface area contributed by atoms with Crippen LogP contribution in [0.15, 0.2) is 18.2 Å². The van der Waals surface area contributed by atoms with Gasteiger partial charge in [-0.1, -0.05) is 46.5 Å². The molecule has 2 unspecified atom stereocenters. The molecule has 0 spiro atoms. The molecule has 1 fully saturated rings. The van der Waals surface area contributed by atoms with Crippen LogP contribution in [0, 0.1) is 17.8 Å². The molecule has 1 N–H and O–H groups in total. The van der Waals surface area contributed by atoms with Crippen LogP contribution in [-0.2, 0) is 11.2 Å². The van der Waals surface area contributed by atoms with E-state index >= 15 is 0 Å². The van der Waals surface area contributed by atoms with Gasteiger partial charge in [-0.2, -0.15) is 0 Å². The minimum absolute atomic E-state index is 0.0291. The lowest BCUT2D eigenvalue weighted by Gasteiger charge is -2.37. The first-order valence-electron chi connectivity index (χ1n) is 12.0. The zero-order chi connectivity index (χ0) is 21.7. The predicted molar refractivity (Wildman–Crippen MR) is 120 cm³/mol. The number of hydrogen-bond donors (Lipinski definition) is 1. The Kier molecular flexibility index (Phi) is 7.70. The topological polar surface area (TPSA) is 55.8 Å². The highest BCUT2D eigenvalue weighted by Gasteiger charge is 2.36. The number of hydrogen-bond acceptors (Lipinski definition) is 3. The number of benzene rings is 1. The van der Waals surface area contributed by atoms with Crippen molar-refractivity contribution in [2.45, 2.75) is 104 Å². The van der Waals surface area contributed by atoms with Gasteiger partial charge in [0.1, 0.15) is 23.2 Å². The molecule has 0 radical (unpaired) electrons. The van der Waals surface area contributed by atoms with Crippen molar-refractivity contribution in [1.29, 1.82) is 0 Å². The summed E-state index contributed by atoms with van der Waals surface area (Å²) < 4.78 is 12.4. The number of carbonyl (C=O) groups is 1. The smallest absolute Gasteiger partial charge is 0.306 e. The number of ether oxygens (including phenoxy) is 2. The highest BCUT2D eigenvalue weighted by atomic mass is 16.5. The van der Waals surface area contributed by atoms with Gasteiger partial charge in [-0.3, -0.25) is 4.79 Å². The third kappa shape index (κ3) is 6.39. The van der Waals surface area contributed by atoms with E-state index in [-0.39, 0.29) is 17.6 Å². The molecule has 1 aliphatic carbocycles. The van der Waals surface area contributed by atoms with Crippen molar-refractivity contribution in [2.24, 2.45) is 17.8 Å². The molecule has 3 rings (SSSR count). The molecular formula is C26H40O4. The van der Waals surface area contributed by atoms with Crippen LogP contribution in [-0.4, -0.2) is 22.8 Å². The van der Waals surface area contributed by atoms with Crippen molar-refractivity contribution < 1.29 is 19.4 Å². The summed E-state index contributed by atoms with van der Waals surface area (Å²) in [5.41, 5.74) is 1.14. The van der Waals surface area contributed by atoms with Crippen LogP contribution < -0.4 is 9.47 Å². The Morgan fingerprint density at radius 1 is 1.20 bits per heavy atom. The second-order valence-electron chi connectivity index (χ2n) is 10.4. The van der Waals surface area contributed by atoms with Gasteiger partial charge in [0.2, 0.25) is 0 Å². The van der Waals surface area contributed by atoms with E-state index in [2.05, 4.69) is 33.8 Å². The van der Waals surface area contributed by atoms with E-state index in [4.69, 9.17) is 14.6 Å². The molecule has 4 heteroatoms. The lowest BCUT2D eigenvalue weighted by Crippen LogP contribution is -2.38. The lowest BCUT2D eigenvalue weighted by molar-refractivity contribution is -0.147. The fraction of sp³-hybridized carbons (Fsp3) is 0.731. The van der Waals surface area contributed by atoms with Gasteiger partial charge in [-0.15, -0.1) is 0 Å². The van der Waals surface area contributed by atoms with Gasteiger partial charge in [0.25, 0.3) is 0 Å². The molecule has 0 saturated heterocycles. The highest BCUT2D eigenvalue weighted by Crippen LogP contribution is 2.39. The van der Waals surface area contributed by atoms with Crippen LogP contribution in [0.5, 0.6) is 11.5 Å². The number of carboxylic acids is 1. The number of aliphatic carboxylic acids is 1. The third-order valence-electron chi connectivity index (χ3n) is 6.94. The molecule has 1 aromatic rings. The Bertz CT molecular complexity index is 707. The molecule has 1 aromatic carbocycles. The summed E-state index contributed by atoms with van der Waals surface area (Å²) in [4.78, 5) is 10.9. The zero-order valence-electron chi connectivity index (χ0n) is 19.3. The molecule has 1 aliphatic heterocycles. The standard InChI is InChI=1S/C26H40O4/c1-18(2)7-5-8-19(3)9-6-13-26(4)14-12-20-15-22(10-11-24(20)30-26)29-23-16-21(17-23)25(27)28/h10-11,15,18-19,21,23H,5-9,12-14,16-17H2,1-4H3,(H,27,28). The normalized spacial score (nSPS) is 26.4. The van der Waals surface area contributed by atoms with E-state index in [0.717, 1.165) is 42.6 Å². The van der Waals surface area contributed by atoms with E-state index in [1.54, 1.807) is 0 Å². The van der Waals surface area contributed by atoms with Crippen LogP contribution >= 0.6 is 0 Å². The molecule has 1 saturated carbocycles. The number of fused-ring (bicyclic) bond motifs is 1. The summed E-state index contributed by atoms with van der Waals surface area (Å²) in [6.45, 7) is 9.26. The van der Waals surface area contributed by atoms with Crippen LogP contribution in [0.4, 0.5) is 0 Å². The molecule has 168 valence electrons. The average Bonchev–Trinajstić information content (AvgIpc) is 2.63. The third-order valence-corrected chi connectivity index (χ3v) is 6.94. The highest BCUT2D eigenvalue weighted by molar-refractivity contribution is 5.71. The molecular weight excluding hydrogens is 376 g/mol. The summed E-state index contributed by atoms with van der Waals surface area (Å²) in [6, 6.07) is 6.08. The maximum atomic E-state index is 10.9. The van der Waals surface area contributed by atoms with E-state index in [1.807, 2.05) is 12.1 Å². The molecule has 30 heavy (non-hydrogen) atoms. The van der Waals surface area contributed by atoms with E-state index in [0.29, 0.717) is 12.8 Å². The largest absolute Gasteiger partial charge is 0.490 e. The molecule has 0 aromatic heterocycles. The van der Waals surface area contributed by atoms with Crippen LogP contribution in [0.25, 0.3) is 0 Å². The number of rotatable bonds is 11. The Morgan fingerprint density at radius 3 is 2.63 bits per heavy atom. The van der Waals surface area contributed by atoms with Gasteiger partial charge in [0, 0.05) is 0 Å². The van der Waals surface area contributed by atoms with Crippen LogP contribution in [0.2, 0.25) is 0 Å². The Hall–Kier alpha value is -1.71. The van der Waals surface area contributed by atoms with Crippen molar-refractivity contribution in [3.05, 3.63) is 23.8 Å². The van der Waals surface area contributed by atoms with Crippen molar-refractivity contribution >= 4 is 5.97 Å². The molecule has 2 atom stereocenters. The first kappa shape index (κ1) is 23.0. The van der Waals surface area contributed by atoms with E-state index < -0.39 is 5.97 Å². The molecule has 4 nitrogen and oxygen atoms in total. The lowest BCUT2D eigenvalue weighted by atomic mass is 9.82. The van der Waals surface area contributed by atoms with Crippen molar-refractivity contribution in [1.82, 2.24) is 0 Å². The molecule has 2 aliphatic rings. The second kappa shape index (κ2) is 10.1. The maximum Gasteiger partial charge on any atom is 0.306 e. The van der Waals surface area contributed by atoms with Crippen molar-refractivity contribution in [2.75, 3.05) is 0 Å². The van der Waals surface area contributed by atoms with Gasteiger partial charge in [0.15, 0.2) is 0 Å². The van der Waals surface area contributed by atoms with Gasteiger partial charge in [0.05, 0.1) is 5.92 Å². The van der Waals surface area contributed by atoms with Crippen molar-refractivity contribution in [3.8, 4) is 11.5 Å². The van der Waals surface area contributed by atoms with Gasteiger partial charge in [-0.25, -0.2) is 0 Å². The maximum absolute atomic E-state index is 10.9. The summed E-state index contributed by atoms with van der Waals surface area (Å²) >= 11 is 0. The molecule has 0 amide bonds. The Labute approximate surface area is 182 Å².